The molecule has 0 radical (unpaired) electrons. The van der Waals surface area contributed by atoms with Crippen LogP contribution in [0.2, 0.25) is 0 Å². The molecular weight excluding hydrogens is 388 g/mol. The molecule has 28 heavy (non-hydrogen) atoms. The van der Waals surface area contributed by atoms with Crippen LogP contribution in [0.5, 0.6) is 5.88 Å². The Morgan fingerprint density at radius 2 is 1.93 bits per heavy atom. The fourth-order valence-electron chi connectivity index (χ4n) is 2.27. The van der Waals surface area contributed by atoms with Gasteiger partial charge in [0.25, 0.3) is 10.1 Å². The fraction of sp³-hybridized carbons (Fsp3) is 0.500. The predicted molar refractivity (Wildman–Crippen MR) is 100 cm³/mol. The van der Waals surface area contributed by atoms with Crippen molar-refractivity contribution in [1.29, 1.82) is 0 Å². The molecule has 2 rings (SSSR count). The minimum Gasteiger partial charge on any atom is -0.478 e. The van der Waals surface area contributed by atoms with Gasteiger partial charge < -0.3 is 13.9 Å². The van der Waals surface area contributed by atoms with Crippen molar-refractivity contribution >= 4 is 16.1 Å². The van der Waals surface area contributed by atoms with E-state index in [1.807, 2.05) is 0 Å². The lowest BCUT2D eigenvalue weighted by Crippen LogP contribution is -2.04. The Bertz CT molecular complexity index is 864. The highest BCUT2D eigenvalue weighted by Gasteiger charge is 2.14. The number of unbranched alkanes of at least 4 members (excludes halogenated alkanes) is 3. The lowest BCUT2D eigenvalue weighted by molar-refractivity contribution is 0.0519. The molecular formula is C18H24N2O7S. The number of pyridine rings is 1. The van der Waals surface area contributed by atoms with Crippen molar-refractivity contribution < 1.29 is 31.3 Å². The van der Waals surface area contributed by atoms with Crippen LogP contribution in [0.15, 0.2) is 29.0 Å². The molecule has 0 amide bonds. The molecule has 0 aromatic carbocycles. The number of hydrogen-bond donors (Lipinski definition) is 0. The molecule has 9 nitrogen and oxygen atoms in total. The summed E-state index contributed by atoms with van der Waals surface area (Å²) in [6.45, 7) is 2.66. The molecule has 0 N–H and O–H groups in total. The minimum absolute atomic E-state index is 0.107. The van der Waals surface area contributed by atoms with Gasteiger partial charge in [0.15, 0.2) is 5.69 Å². The molecule has 154 valence electrons. The summed E-state index contributed by atoms with van der Waals surface area (Å²) in [5, 5.41) is 0. The molecule has 0 saturated carbocycles. The zero-order chi connectivity index (χ0) is 20.4. The second kappa shape index (κ2) is 10.8. The number of hydrogen-bond acceptors (Lipinski definition) is 9. The van der Waals surface area contributed by atoms with Gasteiger partial charge in [-0.2, -0.15) is 8.42 Å². The van der Waals surface area contributed by atoms with Crippen molar-refractivity contribution in [1.82, 2.24) is 9.97 Å². The Labute approximate surface area is 164 Å². The first kappa shape index (κ1) is 21.8. The number of esters is 1. The maximum Gasteiger partial charge on any atom is 0.360 e. The lowest BCUT2D eigenvalue weighted by atomic mass is 10.2. The summed E-state index contributed by atoms with van der Waals surface area (Å²) in [4.78, 5) is 19.9. The Morgan fingerprint density at radius 3 is 2.64 bits per heavy atom. The maximum atomic E-state index is 11.7. The van der Waals surface area contributed by atoms with Crippen molar-refractivity contribution in [2.45, 2.75) is 32.6 Å². The predicted octanol–water partition coefficient (Wildman–Crippen LogP) is 2.83. The zero-order valence-corrected chi connectivity index (χ0v) is 16.7. The minimum atomic E-state index is -3.36. The van der Waals surface area contributed by atoms with Gasteiger partial charge in [0.2, 0.25) is 11.8 Å². The van der Waals surface area contributed by atoms with Crippen LogP contribution >= 0.6 is 0 Å². The molecule has 0 aliphatic carbocycles. The Balaban J connectivity index is 1.75. The number of aromatic nitrogens is 2. The van der Waals surface area contributed by atoms with E-state index in [0.717, 1.165) is 25.5 Å². The third-order valence-corrected chi connectivity index (χ3v) is 4.15. The van der Waals surface area contributed by atoms with E-state index in [1.165, 1.54) is 6.26 Å². The first-order valence-electron chi connectivity index (χ1n) is 8.95. The third kappa shape index (κ3) is 7.65. The number of oxazole rings is 1. The molecule has 0 spiro atoms. The summed E-state index contributed by atoms with van der Waals surface area (Å²) < 4.78 is 42.2. The molecule has 2 aromatic rings. The van der Waals surface area contributed by atoms with Gasteiger partial charge in [-0.3, -0.25) is 4.18 Å². The monoisotopic (exact) mass is 412 g/mol. The van der Waals surface area contributed by atoms with Crippen LogP contribution in [0, 0.1) is 0 Å². The number of nitrogens with zero attached hydrogens (tertiary/aromatic N) is 2. The number of rotatable bonds is 12. The van der Waals surface area contributed by atoms with Gasteiger partial charge in [0.1, 0.15) is 6.26 Å². The van der Waals surface area contributed by atoms with Crippen molar-refractivity contribution in [3.63, 3.8) is 0 Å². The van der Waals surface area contributed by atoms with Crippen LogP contribution < -0.4 is 4.74 Å². The Morgan fingerprint density at radius 1 is 1.18 bits per heavy atom. The topological polar surface area (TPSA) is 118 Å². The van der Waals surface area contributed by atoms with Crippen molar-refractivity contribution in [2.75, 3.05) is 26.1 Å². The molecule has 0 bridgehead atoms. The summed E-state index contributed by atoms with van der Waals surface area (Å²) in [5.74, 6) is 0.167. The number of carbonyl (C=O) groups is 1. The van der Waals surface area contributed by atoms with Gasteiger partial charge in [0, 0.05) is 17.8 Å². The van der Waals surface area contributed by atoms with Crippen molar-refractivity contribution in [2.24, 2.45) is 0 Å². The highest BCUT2D eigenvalue weighted by molar-refractivity contribution is 7.85. The van der Waals surface area contributed by atoms with Crippen LogP contribution in [0.1, 0.15) is 43.1 Å². The Hall–Kier alpha value is -2.46. The van der Waals surface area contributed by atoms with E-state index >= 15 is 0 Å². The second-order valence-corrected chi connectivity index (χ2v) is 7.57. The smallest absolute Gasteiger partial charge is 0.360 e. The summed E-state index contributed by atoms with van der Waals surface area (Å²) in [6, 6.07) is 3.39. The summed E-state index contributed by atoms with van der Waals surface area (Å²) in [7, 11) is -3.36. The average Bonchev–Trinajstić information content (AvgIpc) is 3.14. The second-order valence-electron chi connectivity index (χ2n) is 5.93. The quantitative estimate of drug-likeness (QED) is 0.294. The molecule has 0 atom stereocenters. The third-order valence-electron chi connectivity index (χ3n) is 3.56. The molecule has 10 heteroatoms. The maximum absolute atomic E-state index is 11.7. The van der Waals surface area contributed by atoms with Gasteiger partial charge >= 0.3 is 5.97 Å². The SMILES string of the molecule is CCOC(=O)c1coc(-c2ccnc(OCCCCCCOS(C)(=O)=O)c2)n1. The van der Waals surface area contributed by atoms with Gasteiger partial charge in [-0.05, 0) is 32.3 Å². The fourth-order valence-corrected chi connectivity index (χ4v) is 2.69. The summed E-state index contributed by atoms with van der Waals surface area (Å²) in [5.41, 5.74) is 0.745. The molecule has 0 unspecified atom stereocenters. The normalized spacial score (nSPS) is 11.4. The standard InChI is InChI=1S/C18H24N2O7S/c1-3-24-18(21)15-13-26-17(20-15)14-8-9-19-16(12-14)25-10-6-4-5-7-11-27-28(2,22)23/h8-9,12-13H,3-7,10-11H2,1-2H3. The van der Waals surface area contributed by atoms with E-state index in [9.17, 15) is 13.2 Å². The summed E-state index contributed by atoms with van der Waals surface area (Å²) in [6.07, 6.45) is 7.07. The zero-order valence-electron chi connectivity index (χ0n) is 15.9. The number of ether oxygens (including phenoxy) is 2. The van der Waals surface area contributed by atoms with Crippen LogP contribution in [0.25, 0.3) is 11.5 Å². The molecule has 2 aromatic heterocycles. The molecule has 0 aliphatic rings. The van der Waals surface area contributed by atoms with Gasteiger partial charge in [0.05, 0.1) is 26.1 Å². The number of carbonyl (C=O) groups excluding carboxylic acids is 1. The van der Waals surface area contributed by atoms with E-state index < -0.39 is 16.1 Å². The molecule has 2 heterocycles. The lowest BCUT2D eigenvalue weighted by Gasteiger charge is -2.06. The largest absolute Gasteiger partial charge is 0.478 e. The first-order valence-corrected chi connectivity index (χ1v) is 10.8. The van der Waals surface area contributed by atoms with Crippen molar-refractivity contribution in [3.8, 4) is 17.3 Å². The van der Waals surface area contributed by atoms with Crippen LogP contribution in [-0.2, 0) is 19.0 Å². The summed E-state index contributed by atoms with van der Waals surface area (Å²) >= 11 is 0. The molecule has 0 saturated heterocycles. The van der Waals surface area contributed by atoms with Gasteiger partial charge in [-0.15, -0.1) is 0 Å². The first-order chi connectivity index (χ1) is 13.4. The van der Waals surface area contributed by atoms with E-state index in [0.29, 0.717) is 24.5 Å². The van der Waals surface area contributed by atoms with Crippen LogP contribution in [-0.4, -0.2) is 50.4 Å². The van der Waals surface area contributed by atoms with Crippen molar-refractivity contribution in [3.05, 3.63) is 30.3 Å². The Kier molecular flexibility index (Phi) is 8.40. The van der Waals surface area contributed by atoms with Gasteiger partial charge in [-0.25, -0.2) is 14.8 Å². The van der Waals surface area contributed by atoms with Crippen LogP contribution in [0.4, 0.5) is 0 Å². The van der Waals surface area contributed by atoms with E-state index in [1.54, 1.807) is 25.3 Å². The van der Waals surface area contributed by atoms with E-state index in [2.05, 4.69) is 14.2 Å². The van der Waals surface area contributed by atoms with E-state index in [4.69, 9.17) is 13.9 Å². The van der Waals surface area contributed by atoms with Crippen LogP contribution in [0.3, 0.4) is 0 Å². The molecule has 0 fully saturated rings. The molecule has 0 aliphatic heterocycles. The highest BCUT2D eigenvalue weighted by atomic mass is 32.2. The van der Waals surface area contributed by atoms with E-state index in [-0.39, 0.29) is 24.8 Å². The average molecular weight is 412 g/mol. The van der Waals surface area contributed by atoms with Gasteiger partial charge in [-0.1, -0.05) is 6.42 Å². The highest BCUT2D eigenvalue weighted by Crippen LogP contribution is 2.22.